The van der Waals surface area contributed by atoms with Gasteiger partial charge >= 0.3 is 5.97 Å². The zero-order valence-corrected chi connectivity index (χ0v) is 13.6. The molecule has 0 radical (unpaired) electrons. The summed E-state index contributed by atoms with van der Waals surface area (Å²) in [6.07, 6.45) is 4.79. The van der Waals surface area contributed by atoms with E-state index in [0.717, 1.165) is 32.4 Å². The Balaban J connectivity index is 2.15. The molecule has 0 aromatic rings. The van der Waals surface area contributed by atoms with E-state index in [1.165, 1.54) is 6.42 Å². The third kappa shape index (κ3) is 6.93. The first kappa shape index (κ1) is 18.0. The maximum atomic E-state index is 12.1. The van der Waals surface area contributed by atoms with Crippen molar-refractivity contribution in [3.8, 4) is 0 Å². The lowest BCUT2D eigenvalue weighted by Crippen LogP contribution is -2.45. The van der Waals surface area contributed by atoms with Gasteiger partial charge in [0.05, 0.1) is 12.5 Å². The van der Waals surface area contributed by atoms with Crippen LogP contribution < -0.4 is 5.32 Å². The van der Waals surface area contributed by atoms with Crippen LogP contribution in [0.4, 0.5) is 0 Å². The second-order valence-electron chi connectivity index (χ2n) is 6.54. The smallest absolute Gasteiger partial charge is 0.306 e. The summed E-state index contributed by atoms with van der Waals surface area (Å²) in [5, 5.41) is 12.1. The predicted molar refractivity (Wildman–Crippen MR) is 83.1 cm³/mol. The van der Waals surface area contributed by atoms with Gasteiger partial charge in [0.1, 0.15) is 0 Å². The number of carboxylic acid groups (broad SMARTS) is 1. The normalized spacial score (nSPS) is 21.9. The molecule has 1 saturated heterocycles. The van der Waals surface area contributed by atoms with Gasteiger partial charge in [-0.2, -0.15) is 0 Å². The quantitative estimate of drug-likeness (QED) is 0.720. The number of carbonyl (C=O) groups excluding carboxylic acids is 1. The Morgan fingerprint density at radius 1 is 1.33 bits per heavy atom. The van der Waals surface area contributed by atoms with Gasteiger partial charge < -0.3 is 15.3 Å². The summed E-state index contributed by atoms with van der Waals surface area (Å²) in [5.41, 5.74) is 0. The van der Waals surface area contributed by atoms with E-state index in [2.05, 4.69) is 19.2 Å². The van der Waals surface area contributed by atoms with Gasteiger partial charge in [-0.25, -0.2) is 0 Å². The van der Waals surface area contributed by atoms with Crippen molar-refractivity contribution in [2.45, 2.75) is 58.9 Å². The summed E-state index contributed by atoms with van der Waals surface area (Å²) in [6.45, 7) is 8.14. The van der Waals surface area contributed by atoms with Gasteiger partial charge in [0.2, 0.25) is 5.91 Å². The third-order valence-electron chi connectivity index (χ3n) is 4.31. The van der Waals surface area contributed by atoms with Gasteiger partial charge in [0.15, 0.2) is 0 Å². The van der Waals surface area contributed by atoms with E-state index in [9.17, 15) is 9.59 Å². The molecule has 1 rings (SSSR count). The highest BCUT2D eigenvalue weighted by molar-refractivity contribution is 5.78. The number of carbonyl (C=O) groups is 2. The summed E-state index contributed by atoms with van der Waals surface area (Å²) < 4.78 is 0. The number of aliphatic carboxylic acids is 1. The van der Waals surface area contributed by atoms with Crippen molar-refractivity contribution >= 4 is 11.9 Å². The fraction of sp³-hybridized carbons (Fsp3) is 0.875. The number of carboxylic acids is 1. The largest absolute Gasteiger partial charge is 0.481 e. The molecule has 5 heteroatoms. The molecule has 0 aliphatic carbocycles. The van der Waals surface area contributed by atoms with Gasteiger partial charge in [-0.3, -0.25) is 9.59 Å². The van der Waals surface area contributed by atoms with Crippen LogP contribution in [-0.2, 0) is 9.59 Å². The first-order valence-electron chi connectivity index (χ1n) is 8.14. The molecule has 0 bridgehead atoms. The Labute approximate surface area is 128 Å². The average Bonchev–Trinajstić information content (AvgIpc) is 2.44. The second kappa shape index (κ2) is 9.03. The number of likely N-dealkylation sites (tertiary alicyclic amines) is 1. The lowest BCUT2D eigenvalue weighted by atomic mass is 10.0. The molecule has 2 N–H and O–H groups in total. The van der Waals surface area contributed by atoms with Gasteiger partial charge in [0.25, 0.3) is 0 Å². The summed E-state index contributed by atoms with van der Waals surface area (Å²) >= 11 is 0. The number of amides is 1. The van der Waals surface area contributed by atoms with Crippen LogP contribution in [-0.4, -0.2) is 47.6 Å². The van der Waals surface area contributed by atoms with E-state index in [-0.39, 0.29) is 17.9 Å². The van der Waals surface area contributed by atoms with Crippen molar-refractivity contribution < 1.29 is 14.7 Å². The SMILES string of the molecule is CC1CCCN(C(=O)CNC(C)CCCC(C)C(=O)O)C1. The van der Waals surface area contributed by atoms with Crippen LogP contribution in [0.2, 0.25) is 0 Å². The summed E-state index contributed by atoms with van der Waals surface area (Å²) in [6, 6.07) is 0.247. The molecule has 0 aromatic heterocycles. The van der Waals surface area contributed by atoms with E-state index in [4.69, 9.17) is 5.11 Å². The Morgan fingerprint density at radius 2 is 2.05 bits per heavy atom. The standard InChI is InChI=1S/C16H30N2O3/c1-12-6-5-9-18(11-12)15(19)10-17-14(3)8-4-7-13(2)16(20)21/h12-14,17H,4-11H2,1-3H3,(H,20,21). The molecule has 0 saturated carbocycles. The summed E-state index contributed by atoms with van der Waals surface area (Å²) in [5.74, 6) is -0.219. The van der Waals surface area contributed by atoms with Crippen molar-refractivity contribution in [3.05, 3.63) is 0 Å². The summed E-state index contributed by atoms with van der Waals surface area (Å²) in [7, 11) is 0. The number of rotatable bonds is 8. The Kier molecular flexibility index (Phi) is 7.72. The van der Waals surface area contributed by atoms with Crippen LogP contribution in [0.5, 0.6) is 0 Å². The fourth-order valence-electron chi connectivity index (χ4n) is 2.75. The molecule has 0 aromatic carbocycles. The first-order valence-corrected chi connectivity index (χ1v) is 8.14. The molecular formula is C16H30N2O3. The van der Waals surface area contributed by atoms with Crippen molar-refractivity contribution in [2.75, 3.05) is 19.6 Å². The molecule has 1 fully saturated rings. The molecule has 1 aliphatic rings. The highest BCUT2D eigenvalue weighted by Crippen LogP contribution is 2.15. The molecule has 5 nitrogen and oxygen atoms in total. The molecule has 3 atom stereocenters. The Morgan fingerprint density at radius 3 is 2.67 bits per heavy atom. The average molecular weight is 298 g/mol. The van der Waals surface area contributed by atoms with E-state index >= 15 is 0 Å². The molecule has 0 spiro atoms. The maximum Gasteiger partial charge on any atom is 0.306 e. The van der Waals surface area contributed by atoms with Crippen molar-refractivity contribution in [1.29, 1.82) is 0 Å². The van der Waals surface area contributed by atoms with Gasteiger partial charge in [-0.05, 0) is 38.5 Å². The van der Waals surface area contributed by atoms with Crippen molar-refractivity contribution in [1.82, 2.24) is 10.2 Å². The zero-order valence-electron chi connectivity index (χ0n) is 13.6. The van der Waals surface area contributed by atoms with Crippen LogP contribution in [0.3, 0.4) is 0 Å². The van der Waals surface area contributed by atoms with Gasteiger partial charge in [0, 0.05) is 19.1 Å². The van der Waals surface area contributed by atoms with E-state index in [1.54, 1.807) is 6.92 Å². The van der Waals surface area contributed by atoms with E-state index < -0.39 is 5.97 Å². The minimum atomic E-state index is -0.731. The molecular weight excluding hydrogens is 268 g/mol. The van der Waals surface area contributed by atoms with Crippen LogP contribution in [0, 0.1) is 11.8 Å². The number of hydrogen-bond donors (Lipinski definition) is 2. The number of nitrogens with one attached hydrogen (secondary N) is 1. The minimum Gasteiger partial charge on any atom is -0.481 e. The number of nitrogens with zero attached hydrogens (tertiary/aromatic N) is 1. The Hall–Kier alpha value is -1.10. The molecule has 1 aliphatic heterocycles. The van der Waals surface area contributed by atoms with Gasteiger partial charge in [-0.15, -0.1) is 0 Å². The van der Waals surface area contributed by atoms with Crippen molar-refractivity contribution in [3.63, 3.8) is 0 Å². The third-order valence-corrected chi connectivity index (χ3v) is 4.31. The van der Waals surface area contributed by atoms with Crippen LogP contribution in [0.25, 0.3) is 0 Å². The molecule has 122 valence electrons. The summed E-state index contributed by atoms with van der Waals surface area (Å²) in [4.78, 5) is 24.8. The molecule has 1 amide bonds. The monoisotopic (exact) mass is 298 g/mol. The van der Waals surface area contributed by atoms with Crippen LogP contribution >= 0.6 is 0 Å². The van der Waals surface area contributed by atoms with E-state index in [0.29, 0.717) is 18.9 Å². The number of piperidine rings is 1. The maximum absolute atomic E-state index is 12.1. The van der Waals surface area contributed by atoms with Gasteiger partial charge in [-0.1, -0.05) is 20.3 Å². The second-order valence-corrected chi connectivity index (χ2v) is 6.54. The molecule has 1 heterocycles. The minimum absolute atomic E-state index is 0.187. The Bertz CT molecular complexity index is 346. The predicted octanol–water partition coefficient (Wildman–Crippen LogP) is 2.11. The first-order chi connectivity index (χ1) is 9.90. The number of hydrogen-bond acceptors (Lipinski definition) is 3. The zero-order chi connectivity index (χ0) is 15.8. The molecule has 3 unspecified atom stereocenters. The highest BCUT2D eigenvalue weighted by Gasteiger charge is 2.20. The molecule has 21 heavy (non-hydrogen) atoms. The fourth-order valence-corrected chi connectivity index (χ4v) is 2.75. The van der Waals surface area contributed by atoms with Crippen molar-refractivity contribution in [2.24, 2.45) is 11.8 Å². The topological polar surface area (TPSA) is 69.6 Å². The van der Waals surface area contributed by atoms with Crippen LogP contribution in [0.15, 0.2) is 0 Å². The lowest BCUT2D eigenvalue weighted by molar-refractivity contribution is -0.141. The lowest BCUT2D eigenvalue weighted by Gasteiger charge is -2.31. The van der Waals surface area contributed by atoms with Crippen LogP contribution in [0.1, 0.15) is 52.9 Å². The highest BCUT2D eigenvalue weighted by atomic mass is 16.4. The van der Waals surface area contributed by atoms with E-state index in [1.807, 2.05) is 4.90 Å².